The zero-order chi connectivity index (χ0) is 7.68. The smallest absolute Gasteiger partial charge is 0.0894 e. The molecule has 1 radical (unpaired) electrons. The summed E-state index contributed by atoms with van der Waals surface area (Å²) in [5.41, 5.74) is 1.01. The number of nitrogens with zero attached hydrogens (tertiary/aromatic N) is 1. The predicted molar refractivity (Wildman–Crippen MR) is 53.3 cm³/mol. The highest BCUT2D eigenvalue weighted by molar-refractivity contribution is 14.1. The minimum atomic E-state index is 1.01. The fourth-order valence-corrected chi connectivity index (χ4v) is 1.68. The molecular formula is C9H5IN. The molecule has 11 heavy (non-hydrogen) atoms. The zero-order valence-electron chi connectivity index (χ0n) is 5.71. The second-order valence-electron chi connectivity index (χ2n) is 2.25. The van der Waals surface area contributed by atoms with Crippen molar-refractivity contribution in [2.75, 3.05) is 0 Å². The molecule has 1 aromatic heterocycles. The maximum atomic E-state index is 4.11. The fraction of sp³-hybridized carbons (Fsp3) is 0. The quantitative estimate of drug-likeness (QED) is 0.658. The molecule has 0 fully saturated rings. The molecule has 1 nitrogen and oxygen atoms in total. The third-order valence-electron chi connectivity index (χ3n) is 1.54. The average molecular weight is 254 g/mol. The highest BCUT2D eigenvalue weighted by atomic mass is 127. The summed E-state index contributed by atoms with van der Waals surface area (Å²) in [5.74, 6) is 0. The highest BCUT2D eigenvalue weighted by Gasteiger charge is 1.95. The molecule has 0 amide bonds. The van der Waals surface area contributed by atoms with Gasteiger partial charge in [-0.05, 0) is 46.9 Å². The SMILES string of the molecule is Ic1cccc2n[c]ccc12. The van der Waals surface area contributed by atoms with Gasteiger partial charge in [0, 0.05) is 8.96 Å². The maximum absolute atomic E-state index is 4.11. The van der Waals surface area contributed by atoms with Gasteiger partial charge in [0.2, 0.25) is 0 Å². The van der Waals surface area contributed by atoms with Crippen LogP contribution in [0.5, 0.6) is 0 Å². The van der Waals surface area contributed by atoms with Gasteiger partial charge in [-0.2, -0.15) is 0 Å². The van der Waals surface area contributed by atoms with E-state index in [4.69, 9.17) is 0 Å². The lowest BCUT2D eigenvalue weighted by molar-refractivity contribution is 1.39. The number of benzene rings is 1. The van der Waals surface area contributed by atoms with Crippen LogP contribution in [0.3, 0.4) is 0 Å². The molecule has 1 aromatic carbocycles. The van der Waals surface area contributed by atoms with Crippen LogP contribution < -0.4 is 0 Å². The Morgan fingerprint density at radius 2 is 2.18 bits per heavy atom. The highest BCUT2D eigenvalue weighted by Crippen LogP contribution is 2.17. The molecule has 0 N–H and O–H groups in total. The standard InChI is InChI=1S/C9H5IN/c10-8-4-1-5-9-7(8)3-2-6-11-9/h1-5H. The largest absolute Gasteiger partial charge is 0.246 e. The number of fused-ring (bicyclic) bond motifs is 1. The minimum absolute atomic E-state index is 1.01. The molecule has 2 heteroatoms. The van der Waals surface area contributed by atoms with Gasteiger partial charge in [0.15, 0.2) is 0 Å². The van der Waals surface area contributed by atoms with E-state index in [1.54, 1.807) is 0 Å². The second-order valence-corrected chi connectivity index (χ2v) is 3.41. The molecule has 0 unspecified atom stereocenters. The van der Waals surface area contributed by atoms with Crippen molar-refractivity contribution in [3.05, 3.63) is 40.1 Å². The number of rotatable bonds is 0. The Morgan fingerprint density at radius 3 is 3.00 bits per heavy atom. The van der Waals surface area contributed by atoms with Gasteiger partial charge in [-0.25, -0.2) is 4.98 Å². The van der Waals surface area contributed by atoms with E-state index in [1.807, 2.05) is 24.3 Å². The molecule has 53 valence electrons. The van der Waals surface area contributed by atoms with E-state index < -0.39 is 0 Å². The van der Waals surface area contributed by atoms with Gasteiger partial charge in [-0.3, -0.25) is 0 Å². The third-order valence-corrected chi connectivity index (χ3v) is 2.48. The van der Waals surface area contributed by atoms with Crippen molar-refractivity contribution in [2.24, 2.45) is 0 Å². The monoisotopic (exact) mass is 254 g/mol. The van der Waals surface area contributed by atoms with Gasteiger partial charge in [-0.1, -0.05) is 6.07 Å². The molecule has 2 rings (SSSR count). The fourth-order valence-electron chi connectivity index (χ4n) is 1.02. The van der Waals surface area contributed by atoms with Crippen molar-refractivity contribution >= 4 is 33.5 Å². The molecule has 0 aliphatic heterocycles. The minimum Gasteiger partial charge on any atom is -0.246 e. The van der Waals surface area contributed by atoms with Crippen LogP contribution in [-0.2, 0) is 0 Å². The molecule has 0 aliphatic rings. The Hall–Kier alpha value is -0.640. The van der Waals surface area contributed by atoms with Crippen molar-refractivity contribution in [1.29, 1.82) is 0 Å². The predicted octanol–water partition coefficient (Wildman–Crippen LogP) is 2.64. The second kappa shape index (κ2) is 2.77. The van der Waals surface area contributed by atoms with E-state index in [-0.39, 0.29) is 0 Å². The van der Waals surface area contributed by atoms with Crippen molar-refractivity contribution < 1.29 is 0 Å². The van der Waals surface area contributed by atoms with Crippen molar-refractivity contribution in [3.63, 3.8) is 0 Å². The summed E-state index contributed by atoms with van der Waals surface area (Å²) in [6.07, 6.45) is 2.81. The summed E-state index contributed by atoms with van der Waals surface area (Å²) in [6, 6.07) is 9.94. The molecule has 2 aromatic rings. The van der Waals surface area contributed by atoms with Crippen LogP contribution in [0.2, 0.25) is 0 Å². The van der Waals surface area contributed by atoms with Gasteiger partial charge in [-0.15, -0.1) is 0 Å². The van der Waals surface area contributed by atoms with Gasteiger partial charge in [0.1, 0.15) is 0 Å². The first-order valence-electron chi connectivity index (χ1n) is 3.29. The Kier molecular flexibility index (Phi) is 1.77. The number of aromatic nitrogens is 1. The lowest BCUT2D eigenvalue weighted by Gasteiger charge is -1.96. The molecule has 0 atom stereocenters. The first-order valence-corrected chi connectivity index (χ1v) is 4.37. The van der Waals surface area contributed by atoms with E-state index in [2.05, 4.69) is 39.8 Å². The Balaban J connectivity index is 2.91. The van der Waals surface area contributed by atoms with E-state index in [0.29, 0.717) is 0 Å². The van der Waals surface area contributed by atoms with E-state index >= 15 is 0 Å². The number of hydrogen-bond acceptors (Lipinski definition) is 1. The maximum Gasteiger partial charge on any atom is 0.0894 e. The lowest BCUT2D eigenvalue weighted by atomic mass is 10.2. The van der Waals surface area contributed by atoms with Crippen LogP contribution in [0.1, 0.15) is 0 Å². The Morgan fingerprint density at radius 1 is 1.27 bits per heavy atom. The topological polar surface area (TPSA) is 12.9 Å². The molecule has 0 saturated heterocycles. The number of pyridine rings is 1. The van der Waals surface area contributed by atoms with Crippen LogP contribution in [0, 0.1) is 9.77 Å². The van der Waals surface area contributed by atoms with Gasteiger partial charge < -0.3 is 0 Å². The van der Waals surface area contributed by atoms with Crippen LogP contribution in [-0.4, -0.2) is 4.98 Å². The van der Waals surface area contributed by atoms with Crippen LogP contribution >= 0.6 is 22.6 Å². The summed E-state index contributed by atoms with van der Waals surface area (Å²) in [5, 5.41) is 1.20. The van der Waals surface area contributed by atoms with Crippen LogP contribution in [0.15, 0.2) is 30.3 Å². The van der Waals surface area contributed by atoms with Gasteiger partial charge in [0.25, 0.3) is 0 Å². The molecule has 1 heterocycles. The normalized spacial score (nSPS) is 10.3. The van der Waals surface area contributed by atoms with E-state index in [9.17, 15) is 0 Å². The lowest BCUT2D eigenvalue weighted by Crippen LogP contribution is -1.79. The third kappa shape index (κ3) is 1.22. The average Bonchev–Trinajstić information content (AvgIpc) is 2.06. The first-order chi connectivity index (χ1) is 5.38. The van der Waals surface area contributed by atoms with Crippen molar-refractivity contribution in [2.45, 2.75) is 0 Å². The van der Waals surface area contributed by atoms with Crippen molar-refractivity contribution in [1.82, 2.24) is 4.98 Å². The Bertz CT molecular complexity index is 379. The summed E-state index contributed by atoms with van der Waals surface area (Å²) in [7, 11) is 0. The first kappa shape index (κ1) is 7.03. The summed E-state index contributed by atoms with van der Waals surface area (Å²) in [6.45, 7) is 0. The number of halogens is 1. The molecule has 0 spiro atoms. The molecule has 0 bridgehead atoms. The molecule has 0 saturated carbocycles. The van der Waals surface area contributed by atoms with Crippen LogP contribution in [0.25, 0.3) is 10.9 Å². The van der Waals surface area contributed by atoms with Crippen molar-refractivity contribution in [3.8, 4) is 0 Å². The van der Waals surface area contributed by atoms with Crippen LogP contribution in [0.4, 0.5) is 0 Å². The molecule has 0 aliphatic carbocycles. The summed E-state index contributed by atoms with van der Waals surface area (Å²) < 4.78 is 1.24. The van der Waals surface area contributed by atoms with Gasteiger partial charge >= 0.3 is 0 Å². The van der Waals surface area contributed by atoms with E-state index in [0.717, 1.165) is 5.52 Å². The Labute approximate surface area is 78.6 Å². The summed E-state index contributed by atoms with van der Waals surface area (Å²) >= 11 is 2.30. The summed E-state index contributed by atoms with van der Waals surface area (Å²) in [4.78, 5) is 4.11. The van der Waals surface area contributed by atoms with E-state index in [1.165, 1.54) is 8.96 Å². The number of hydrogen-bond donors (Lipinski definition) is 0. The molecular weight excluding hydrogens is 249 g/mol. The van der Waals surface area contributed by atoms with Gasteiger partial charge in [0.05, 0.1) is 11.7 Å². The zero-order valence-corrected chi connectivity index (χ0v) is 7.87.